The Kier molecular flexibility index (Phi) is 4.59. The molecule has 1 aromatic carbocycles. The number of aliphatic hydroxyl groups excluding tert-OH is 2. The van der Waals surface area contributed by atoms with Crippen LogP contribution >= 0.6 is 23.2 Å². The van der Waals surface area contributed by atoms with Crippen LogP contribution in [0, 0.1) is 0 Å². The Morgan fingerprint density at radius 2 is 1.82 bits per heavy atom. The first-order valence-corrected chi connectivity index (χ1v) is 5.32. The maximum atomic E-state index is 11.1. The van der Waals surface area contributed by atoms with Crippen LogP contribution in [0.5, 0.6) is 0 Å². The molecule has 0 saturated heterocycles. The lowest BCUT2D eigenvalue weighted by Crippen LogP contribution is -2.29. The molecule has 0 bridgehead atoms. The number of anilines is 1. The molecule has 0 aromatic heterocycles. The molecule has 0 aliphatic carbocycles. The van der Waals surface area contributed by atoms with Gasteiger partial charge in [0.25, 0.3) is 0 Å². The van der Waals surface area contributed by atoms with Crippen molar-refractivity contribution in [3.8, 4) is 0 Å². The van der Waals surface area contributed by atoms with Crippen molar-refractivity contribution in [1.82, 2.24) is 0 Å². The number of halogens is 2. The number of nitrogen functional groups attached to an aromatic ring is 1. The van der Waals surface area contributed by atoms with E-state index in [1.165, 1.54) is 12.1 Å². The molecule has 0 aliphatic rings. The lowest BCUT2D eigenvalue weighted by atomic mass is 10.0. The first kappa shape index (κ1) is 14.1. The van der Waals surface area contributed by atoms with Gasteiger partial charge in [-0.15, -0.1) is 0 Å². The molecule has 2 unspecified atom stereocenters. The summed E-state index contributed by atoms with van der Waals surface area (Å²) in [5, 5.41) is 19.4. The Morgan fingerprint density at radius 1 is 1.35 bits per heavy atom. The smallest absolute Gasteiger partial charge is 0.337 e. The normalized spacial score (nSPS) is 14.2. The fraction of sp³-hybridized carbons (Fsp3) is 0.300. The van der Waals surface area contributed by atoms with Crippen molar-refractivity contribution in [2.45, 2.75) is 12.2 Å². The lowest BCUT2D eigenvalue weighted by molar-refractivity contribution is -0.156. The van der Waals surface area contributed by atoms with Gasteiger partial charge in [-0.05, 0) is 12.1 Å². The largest absolute Gasteiger partial charge is 0.467 e. The van der Waals surface area contributed by atoms with Crippen LogP contribution in [0.25, 0.3) is 0 Å². The van der Waals surface area contributed by atoms with E-state index in [-0.39, 0.29) is 15.6 Å². The molecule has 1 rings (SSSR count). The van der Waals surface area contributed by atoms with Gasteiger partial charge in [0.1, 0.15) is 6.10 Å². The summed E-state index contributed by atoms with van der Waals surface area (Å²) in [6.45, 7) is 0. The number of esters is 1. The van der Waals surface area contributed by atoms with Gasteiger partial charge in [0, 0.05) is 11.3 Å². The predicted octanol–water partition coefficient (Wildman–Crippen LogP) is 1.14. The molecule has 0 spiro atoms. The third-order valence-corrected chi connectivity index (χ3v) is 2.76. The van der Waals surface area contributed by atoms with Crippen molar-refractivity contribution in [1.29, 1.82) is 0 Å². The Morgan fingerprint density at radius 3 is 2.24 bits per heavy atom. The molecule has 0 fully saturated rings. The number of ether oxygens (including phenoxy) is 1. The molecule has 0 saturated carbocycles. The maximum Gasteiger partial charge on any atom is 0.337 e. The van der Waals surface area contributed by atoms with E-state index < -0.39 is 18.2 Å². The number of carbonyl (C=O) groups is 1. The van der Waals surface area contributed by atoms with Crippen molar-refractivity contribution in [2.75, 3.05) is 12.8 Å². The summed E-state index contributed by atoms with van der Waals surface area (Å²) in [6, 6.07) is 2.71. The molecule has 0 aliphatic heterocycles. The van der Waals surface area contributed by atoms with Crippen LogP contribution in [-0.2, 0) is 9.53 Å². The highest BCUT2D eigenvalue weighted by atomic mass is 35.5. The Bertz CT molecular complexity index is 415. The summed E-state index contributed by atoms with van der Waals surface area (Å²) in [5.74, 6) is -0.985. The van der Waals surface area contributed by atoms with Gasteiger partial charge in [0.15, 0.2) is 6.10 Å². The van der Waals surface area contributed by atoms with Crippen LogP contribution in [0.3, 0.4) is 0 Å². The minimum Gasteiger partial charge on any atom is -0.467 e. The van der Waals surface area contributed by atoms with E-state index in [2.05, 4.69) is 4.74 Å². The van der Waals surface area contributed by atoms with Gasteiger partial charge in [0.2, 0.25) is 0 Å². The lowest BCUT2D eigenvalue weighted by Gasteiger charge is -2.18. The van der Waals surface area contributed by atoms with Crippen LogP contribution < -0.4 is 5.73 Å². The monoisotopic (exact) mass is 279 g/mol. The van der Waals surface area contributed by atoms with Crippen molar-refractivity contribution in [3.63, 3.8) is 0 Å². The number of methoxy groups -OCH3 is 1. The number of rotatable bonds is 3. The standard InChI is InChI=1S/C10H11Cl2NO4/c1-17-10(16)9(15)8(14)7-5(11)2-4(13)3-6(7)12/h2-3,8-9,14-15H,13H2,1H3. The second-order valence-corrected chi connectivity index (χ2v) is 4.13. The first-order chi connectivity index (χ1) is 7.88. The molecule has 1 aromatic rings. The number of hydrogen-bond donors (Lipinski definition) is 3. The van der Waals surface area contributed by atoms with Crippen LogP contribution in [-0.4, -0.2) is 29.4 Å². The van der Waals surface area contributed by atoms with Crippen LogP contribution in [0.2, 0.25) is 10.0 Å². The van der Waals surface area contributed by atoms with Gasteiger partial charge in [-0.25, -0.2) is 4.79 Å². The molecule has 0 amide bonds. The second-order valence-electron chi connectivity index (χ2n) is 3.31. The molecular weight excluding hydrogens is 269 g/mol. The fourth-order valence-electron chi connectivity index (χ4n) is 1.29. The summed E-state index contributed by atoms with van der Waals surface area (Å²) in [7, 11) is 1.09. The van der Waals surface area contributed by atoms with Crippen LogP contribution in [0.4, 0.5) is 5.69 Å². The van der Waals surface area contributed by atoms with E-state index in [1.54, 1.807) is 0 Å². The van der Waals surface area contributed by atoms with Gasteiger partial charge in [0.05, 0.1) is 17.2 Å². The fourth-order valence-corrected chi connectivity index (χ4v) is 2.02. The average molecular weight is 280 g/mol. The zero-order valence-corrected chi connectivity index (χ0v) is 10.4. The van der Waals surface area contributed by atoms with E-state index in [4.69, 9.17) is 28.9 Å². The summed E-state index contributed by atoms with van der Waals surface area (Å²) in [6.07, 6.45) is -3.35. The minimum absolute atomic E-state index is 0.0282. The van der Waals surface area contributed by atoms with Gasteiger partial charge in [-0.3, -0.25) is 0 Å². The highest BCUT2D eigenvalue weighted by Crippen LogP contribution is 2.34. The van der Waals surface area contributed by atoms with E-state index in [9.17, 15) is 15.0 Å². The molecule has 2 atom stereocenters. The first-order valence-electron chi connectivity index (χ1n) is 4.56. The predicted molar refractivity (Wildman–Crippen MR) is 63.9 cm³/mol. The number of carbonyl (C=O) groups excluding carboxylic acids is 1. The highest BCUT2D eigenvalue weighted by molar-refractivity contribution is 6.36. The van der Waals surface area contributed by atoms with E-state index in [0.29, 0.717) is 5.69 Å². The van der Waals surface area contributed by atoms with Crippen molar-refractivity contribution in [3.05, 3.63) is 27.7 Å². The maximum absolute atomic E-state index is 11.1. The Balaban J connectivity index is 3.12. The van der Waals surface area contributed by atoms with Crippen molar-refractivity contribution in [2.24, 2.45) is 0 Å². The molecular formula is C10H11Cl2NO4. The number of nitrogens with two attached hydrogens (primary N) is 1. The van der Waals surface area contributed by atoms with Crippen molar-refractivity contribution < 1.29 is 19.7 Å². The number of aliphatic hydroxyl groups is 2. The quantitative estimate of drug-likeness (QED) is 0.570. The van der Waals surface area contributed by atoms with Gasteiger partial charge >= 0.3 is 5.97 Å². The zero-order valence-electron chi connectivity index (χ0n) is 8.85. The topological polar surface area (TPSA) is 92.8 Å². The molecule has 5 nitrogen and oxygen atoms in total. The van der Waals surface area contributed by atoms with Crippen LogP contribution in [0.15, 0.2) is 12.1 Å². The van der Waals surface area contributed by atoms with Crippen LogP contribution in [0.1, 0.15) is 11.7 Å². The second kappa shape index (κ2) is 5.55. The zero-order chi connectivity index (χ0) is 13.2. The number of hydrogen-bond acceptors (Lipinski definition) is 5. The third-order valence-electron chi connectivity index (χ3n) is 2.14. The molecule has 4 N–H and O–H groups in total. The molecule has 17 heavy (non-hydrogen) atoms. The summed E-state index contributed by atoms with van der Waals surface area (Å²) < 4.78 is 4.30. The third kappa shape index (κ3) is 3.01. The van der Waals surface area contributed by atoms with Gasteiger partial charge < -0.3 is 20.7 Å². The molecule has 94 valence electrons. The Labute approximate surface area is 108 Å². The SMILES string of the molecule is COC(=O)C(O)C(O)c1c(Cl)cc(N)cc1Cl. The average Bonchev–Trinajstić information content (AvgIpc) is 2.25. The molecule has 0 radical (unpaired) electrons. The molecule has 7 heteroatoms. The van der Waals surface area contributed by atoms with Crippen molar-refractivity contribution >= 4 is 34.9 Å². The van der Waals surface area contributed by atoms with E-state index in [1.807, 2.05) is 0 Å². The summed E-state index contributed by atoms with van der Waals surface area (Å²) in [5.41, 5.74) is 5.82. The summed E-state index contributed by atoms with van der Waals surface area (Å²) >= 11 is 11.7. The molecule has 0 heterocycles. The van der Waals surface area contributed by atoms with E-state index in [0.717, 1.165) is 7.11 Å². The highest BCUT2D eigenvalue weighted by Gasteiger charge is 2.29. The van der Waals surface area contributed by atoms with Gasteiger partial charge in [-0.2, -0.15) is 0 Å². The number of benzene rings is 1. The van der Waals surface area contributed by atoms with Gasteiger partial charge in [-0.1, -0.05) is 23.2 Å². The minimum atomic E-state index is -1.77. The van der Waals surface area contributed by atoms with E-state index >= 15 is 0 Å². The summed E-state index contributed by atoms with van der Waals surface area (Å²) in [4.78, 5) is 11.1. The Hall–Kier alpha value is -1.01.